The third-order valence-electron chi connectivity index (χ3n) is 4.25. The zero-order chi connectivity index (χ0) is 17.6. The maximum Gasteiger partial charge on any atom is 0.258 e. The molecule has 1 aliphatic rings. The third-order valence-corrected chi connectivity index (χ3v) is 4.25. The van der Waals surface area contributed by atoms with Crippen LogP contribution in [0.5, 0.6) is 5.75 Å². The molecule has 0 bridgehead atoms. The molecule has 0 aromatic heterocycles. The van der Waals surface area contributed by atoms with Gasteiger partial charge in [-0.05, 0) is 43.5 Å². The van der Waals surface area contributed by atoms with E-state index < -0.39 is 0 Å². The van der Waals surface area contributed by atoms with Crippen LogP contribution in [-0.2, 0) is 11.3 Å². The summed E-state index contributed by atoms with van der Waals surface area (Å²) in [5, 5.41) is 6.20. The average Bonchev–Trinajstić information content (AvgIpc) is 3.43. The second-order valence-corrected chi connectivity index (χ2v) is 6.39. The van der Waals surface area contributed by atoms with Gasteiger partial charge in [0.05, 0.1) is 0 Å². The van der Waals surface area contributed by atoms with Crippen LogP contribution in [-0.4, -0.2) is 18.6 Å². The minimum absolute atomic E-state index is 0.0386. The molecule has 0 radical (unpaired) electrons. The minimum atomic E-state index is -0.199. The van der Waals surface area contributed by atoms with Crippen molar-refractivity contribution in [2.24, 2.45) is 0 Å². The molecule has 0 spiro atoms. The molecule has 3 rings (SSSR count). The van der Waals surface area contributed by atoms with Crippen LogP contribution in [0.15, 0.2) is 48.5 Å². The molecule has 4 nitrogen and oxygen atoms in total. The zero-order valence-electron chi connectivity index (χ0n) is 14.3. The van der Waals surface area contributed by atoms with Crippen molar-refractivity contribution in [2.45, 2.75) is 38.4 Å². The summed E-state index contributed by atoms with van der Waals surface area (Å²) in [6.45, 7) is 2.53. The number of hydrogen-bond acceptors (Lipinski definition) is 3. The van der Waals surface area contributed by atoms with E-state index in [1.54, 1.807) is 12.1 Å². The van der Waals surface area contributed by atoms with Gasteiger partial charge in [0.1, 0.15) is 11.6 Å². The highest BCUT2D eigenvalue weighted by Crippen LogP contribution is 2.20. The second kappa shape index (κ2) is 8.12. The van der Waals surface area contributed by atoms with Crippen LogP contribution in [0.4, 0.5) is 4.39 Å². The molecule has 1 fully saturated rings. The van der Waals surface area contributed by atoms with Crippen LogP contribution in [0.1, 0.15) is 36.9 Å². The molecule has 25 heavy (non-hydrogen) atoms. The number of carbonyl (C=O) groups excluding carboxylic acids is 1. The second-order valence-electron chi connectivity index (χ2n) is 6.39. The maximum absolute atomic E-state index is 13.6. The molecule has 2 N–H and O–H groups in total. The highest BCUT2D eigenvalue weighted by atomic mass is 19.1. The lowest BCUT2D eigenvalue weighted by Crippen LogP contribution is -2.30. The Morgan fingerprint density at radius 3 is 2.60 bits per heavy atom. The Morgan fingerprint density at radius 1 is 1.20 bits per heavy atom. The Kier molecular flexibility index (Phi) is 5.66. The van der Waals surface area contributed by atoms with Crippen molar-refractivity contribution >= 4 is 5.91 Å². The van der Waals surface area contributed by atoms with Gasteiger partial charge < -0.3 is 15.4 Å². The van der Waals surface area contributed by atoms with E-state index in [9.17, 15) is 9.18 Å². The molecular formula is C20H23FN2O2. The summed E-state index contributed by atoms with van der Waals surface area (Å²) in [6, 6.07) is 14.8. The molecule has 0 unspecified atom stereocenters. The predicted molar refractivity (Wildman–Crippen MR) is 94.8 cm³/mol. The molecule has 0 saturated heterocycles. The van der Waals surface area contributed by atoms with Crippen molar-refractivity contribution in [1.82, 2.24) is 10.6 Å². The van der Waals surface area contributed by atoms with Crippen LogP contribution < -0.4 is 15.4 Å². The summed E-state index contributed by atoms with van der Waals surface area (Å²) < 4.78 is 19.1. The van der Waals surface area contributed by atoms with Gasteiger partial charge in [-0.1, -0.05) is 30.3 Å². The zero-order valence-corrected chi connectivity index (χ0v) is 14.3. The van der Waals surface area contributed by atoms with Crippen LogP contribution in [0.3, 0.4) is 0 Å². The number of carbonyl (C=O) groups is 1. The molecule has 5 heteroatoms. The molecule has 2 aromatic rings. The van der Waals surface area contributed by atoms with Crippen molar-refractivity contribution in [3.05, 3.63) is 65.5 Å². The van der Waals surface area contributed by atoms with Gasteiger partial charge in [0.25, 0.3) is 5.91 Å². The number of rotatable bonds is 8. The van der Waals surface area contributed by atoms with Gasteiger partial charge in [0, 0.05) is 24.2 Å². The largest absolute Gasteiger partial charge is 0.484 e. The smallest absolute Gasteiger partial charge is 0.258 e. The molecule has 132 valence electrons. The normalized spacial score (nSPS) is 14.8. The fourth-order valence-corrected chi connectivity index (χ4v) is 2.52. The van der Waals surface area contributed by atoms with Crippen molar-refractivity contribution in [1.29, 1.82) is 0 Å². The first kappa shape index (κ1) is 17.4. The SMILES string of the molecule is C[C@H](NCc1ccccc1F)c1ccc(OCC(=O)NC2CC2)cc1. The highest BCUT2D eigenvalue weighted by molar-refractivity contribution is 5.78. The topological polar surface area (TPSA) is 50.4 Å². The van der Waals surface area contributed by atoms with Gasteiger partial charge in [-0.2, -0.15) is 0 Å². The number of halogens is 1. The lowest BCUT2D eigenvalue weighted by molar-refractivity contribution is -0.123. The monoisotopic (exact) mass is 342 g/mol. The van der Waals surface area contributed by atoms with Crippen molar-refractivity contribution in [3.8, 4) is 5.75 Å². The number of amides is 1. The summed E-state index contributed by atoms with van der Waals surface area (Å²) in [7, 11) is 0. The number of hydrogen-bond donors (Lipinski definition) is 2. The minimum Gasteiger partial charge on any atom is -0.484 e. The van der Waals surface area contributed by atoms with Gasteiger partial charge in [0.15, 0.2) is 6.61 Å². The average molecular weight is 342 g/mol. The molecule has 0 aliphatic heterocycles. The lowest BCUT2D eigenvalue weighted by atomic mass is 10.1. The van der Waals surface area contributed by atoms with E-state index in [0.29, 0.717) is 23.9 Å². The van der Waals surface area contributed by atoms with Crippen LogP contribution in [0, 0.1) is 5.82 Å². The third kappa shape index (κ3) is 5.29. The Morgan fingerprint density at radius 2 is 1.92 bits per heavy atom. The number of benzene rings is 2. The fourth-order valence-electron chi connectivity index (χ4n) is 2.52. The fraction of sp³-hybridized carbons (Fsp3) is 0.350. The summed E-state index contributed by atoms with van der Waals surface area (Å²) in [6.07, 6.45) is 2.14. The standard InChI is InChI=1S/C20H23FN2O2/c1-14(22-12-16-4-2-3-5-19(16)21)15-6-10-18(11-7-15)25-13-20(24)23-17-8-9-17/h2-7,10-11,14,17,22H,8-9,12-13H2,1H3,(H,23,24)/t14-/m0/s1. The van der Waals surface area contributed by atoms with Crippen LogP contribution in [0.2, 0.25) is 0 Å². The van der Waals surface area contributed by atoms with Gasteiger partial charge in [-0.25, -0.2) is 4.39 Å². The first-order chi connectivity index (χ1) is 12.1. The van der Waals surface area contributed by atoms with Crippen molar-refractivity contribution < 1.29 is 13.9 Å². The van der Waals surface area contributed by atoms with E-state index in [2.05, 4.69) is 10.6 Å². The Balaban J connectivity index is 1.47. The van der Waals surface area contributed by atoms with Gasteiger partial charge in [0.2, 0.25) is 0 Å². The highest BCUT2D eigenvalue weighted by Gasteiger charge is 2.23. The van der Waals surface area contributed by atoms with Crippen molar-refractivity contribution in [2.75, 3.05) is 6.61 Å². The number of nitrogens with one attached hydrogen (secondary N) is 2. The van der Waals surface area contributed by atoms with E-state index in [4.69, 9.17) is 4.74 Å². The van der Waals surface area contributed by atoms with Gasteiger partial charge in [-0.3, -0.25) is 4.79 Å². The Bertz CT molecular complexity index is 714. The molecule has 1 saturated carbocycles. The quantitative estimate of drug-likeness (QED) is 0.774. The first-order valence-electron chi connectivity index (χ1n) is 8.61. The summed E-state index contributed by atoms with van der Waals surface area (Å²) in [4.78, 5) is 11.6. The molecule has 0 heterocycles. The molecule has 2 aromatic carbocycles. The van der Waals surface area contributed by atoms with Crippen molar-refractivity contribution in [3.63, 3.8) is 0 Å². The lowest BCUT2D eigenvalue weighted by Gasteiger charge is -2.15. The molecule has 1 atom stereocenters. The van der Waals surface area contributed by atoms with Gasteiger partial charge in [-0.15, -0.1) is 0 Å². The summed E-state index contributed by atoms with van der Waals surface area (Å²) in [5.74, 6) is 0.387. The van der Waals surface area contributed by atoms with Gasteiger partial charge >= 0.3 is 0 Å². The Labute approximate surface area is 147 Å². The molecule has 1 aliphatic carbocycles. The van der Waals surface area contributed by atoms with E-state index >= 15 is 0 Å². The maximum atomic E-state index is 13.6. The van der Waals surface area contributed by atoms with E-state index in [1.807, 2.05) is 37.3 Å². The van der Waals surface area contributed by atoms with E-state index in [-0.39, 0.29) is 24.4 Å². The van der Waals surface area contributed by atoms with E-state index in [0.717, 1.165) is 18.4 Å². The first-order valence-corrected chi connectivity index (χ1v) is 8.61. The summed E-state index contributed by atoms with van der Waals surface area (Å²) >= 11 is 0. The Hall–Kier alpha value is -2.40. The van der Waals surface area contributed by atoms with E-state index in [1.165, 1.54) is 6.07 Å². The van der Waals surface area contributed by atoms with Crippen LogP contribution in [0.25, 0.3) is 0 Å². The molecular weight excluding hydrogens is 319 g/mol. The molecule has 1 amide bonds. The number of ether oxygens (including phenoxy) is 1. The van der Waals surface area contributed by atoms with Crippen LogP contribution >= 0.6 is 0 Å². The predicted octanol–water partition coefficient (Wildman–Crippen LogP) is 3.33. The summed E-state index contributed by atoms with van der Waals surface area (Å²) in [5.41, 5.74) is 1.72.